The Labute approximate surface area is 164 Å². The number of hydrogen-bond donors (Lipinski definition) is 0. The Hall–Kier alpha value is -3.09. The highest BCUT2D eigenvalue weighted by atomic mass is 16.6. The summed E-state index contributed by atoms with van der Waals surface area (Å²) in [6, 6.07) is 13.8. The van der Waals surface area contributed by atoms with Crippen LogP contribution >= 0.6 is 0 Å². The molecule has 7 heteroatoms. The van der Waals surface area contributed by atoms with Crippen molar-refractivity contribution in [3.63, 3.8) is 0 Å². The first-order chi connectivity index (χ1) is 13.6. The largest absolute Gasteiger partial charge is 0.490 e. The minimum absolute atomic E-state index is 0.0584. The van der Waals surface area contributed by atoms with Crippen LogP contribution in [0.5, 0.6) is 5.75 Å². The second-order valence-corrected chi connectivity index (χ2v) is 6.66. The summed E-state index contributed by atoms with van der Waals surface area (Å²) >= 11 is 0. The van der Waals surface area contributed by atoms with Crippen LogP contribution in [0, 0.1) is 10.1 Å². The zero-order chi connectivity index (χ0) is 19.8. The topological polar surface area (TPSA) is 81.9 Å². The summed E-state index contributed by atoms with van der Waals surface area (Å²) in [7, 11) is 0. The van der Waals surface area contributed by atoms with Gasteiger partial charge in [-0.1, -0.05) is 31.0 Å². The number of nitro benzene ring substituents is 1. The van der Waals surface area contributed by atoms with Gasteiger partial charge in [-0.2, -0.15) is 0 Å². The fraction of sp³-hybridized carbons (Fsp3) is 0.381. The number of benzene rings is 2. The Morgan fingerprint density at radius 3 is 2.39 bits per heavy atom. The van der Waals surface area contributed by atoms with Gasteiger partial charge in [0.05, 0.1) is 10.5 Å². The molecule has 0 amide bonds. The number of carbonyl (C=O) groups is 1. The Morgan fingerprint density at radius 1 is 1.00 bits per heavy atom. The van der Waals surface area contributed by atoms with E-state index in [1.165, 1.54) is 6.07 Å². The van der Waals surface area contributed by atoms with E-state index in [2.05, 4.69) is 0 Å². The van der Waals surface area contributed by atoms with Crippen LogP contribution in [0.4, 0.5) is 11.4 Å². The molecule has 0 aromatic heterocycles. The molecule has 28 heavy (non-hydrogen) atoms. The smallest absolute Gasteiger partial charge is 0.338 e. The molecule has 0 spiro atoms. The highest BCUT2D eigenvalue weighted by molar-refractivity contribution is 5.91. The van der Waals surface area contributed by atoms with Gasteiger partial charge in [-0.05, 0) is 37.1 Å². The quantitative estimate of drug-likeness (QED) is 0.308. The molecule has 1 fully saturated rings. The highest BCUT2D eigenvalue weighted by Gasteiger charge is 2.23. The van der Waals surface area contributed by atoms with Crippen molar-refractivity contribution in [1.29, 1.82) is 0 Å². The van der Waals surface area contributed by atoms with E-state index in [0.29, 0.717) is 11.4 Å². The van der Waals surface area contributed by atoms with Crippen molar-refractivity contribution in [2.45, 2.75) is 25.7 Å². The predicted octanol–water partition coefficient (Wildman–Crippen LogP) is 4.21. The number of nitrogens with zero attached hydrogens (tertiary/aromatic N) is 2. The summed E-state index contributed by atoms with van der Waals surface area (Å²) < 4.78 is 10.7. The van der Waals surface area contributed by atoms with Crippen LogP contribution in [0.25, 0.3) is 0 Å². The van der Waals surface area contributed by atoms with E-state index in [9.17, 15) is 14.9 Å². The van der Waals surface area contributed by atoms with Crippen molar-refractivity contribution >= 4 is 17.3 Å². The third-order valence-corrected chi connectivity index (χ3v) is 4.68. The lowest BCUT2D eigenvalue weighted by atomic mass is 10.1. The highest BCUT2D eigenvalue weighted by Crippen LogP contribution is 2.31. The van der Waals surface area contributed by atoms with Crippen molar-refractivity contribution in [3.05, 3.63) is 64.2 Å². The van der Waals surface area contributed by atoms with E-state index in [1.54, 1.807) is 12.1 Å². The zero-order valence-electron chi connectivity index (χ0n) is 15.7. The van der Waals surface area contributed by atoms with Crippen molar-refractivity contribution in [1.82, 2.24) is 0 Å². The van der Waals surface area contributed by atoms with E-state index in [-0.39, 0.29) is 24.5 Å². The summed E-state index contributed by atoms with van der Waals surface area (Å²) in [5.74, 6) is 0.0955. The molecule has 1 heterocycles. The van der Waals surface area contributed by atoms with Gasteiger partial charge in [0.2, 0.25) is 0 Å². The molecular formula is C21H24N2O5. The normalized spacial score (nSPS) is 14.2. The van der Waals surface area contributed by atoms with E-state index in [4.69, 9.17) is 9.47 Å². The Balaban J connectivity index is 1.62. The lowest BCUT2D eigenvalue weighted by Crippen LogP contribution is -2.25. The molecule has 0 unspecified atom stereocenters. The molecule has 2 aromatic rings. The number of hydrogen-bond acceptors (Lipinski definition) is 6. The molecule has 0 radical (unpaired) electrons. The molecule has 1 aliphatic rings. The molecule has 3 rings (SSSR count). The van der Waals surface area contributed by atoms with Gasteiger partial charge in [0, 0.05) is 19.2 Å². The number of rotatable bonds is 7. The fourth-order valence-electron chi connectivity index (χ4n) is 3.27. The summed E-state index contributed by atoms with van der Waals surface area (Å²) in [5.41, 5.74) is 0.678. The van der Waals surface area contributed by atoms with Gasteiger partial charge in [-0.15, -0.1) is 0 Å². The third-order valence-electron chi connectivity index (χ3n) is 4.68. The van der Waals surface area contributed by atoms with Crippen molar-refractivity contribution in [2.24, 2.45) is 0 Å². The van der Waals surface area contributed by atoms with Gasteiger partial charge in [-0.3, -0.25) is 10.1 Å². The molecule has 1 aliphatic heterocycles. The van der Waals surface area contributed by atoms with Crippen molar-refractivity contribution < 1.29 is 19.2 Å². The maximum atomic E-state index is 12.3. The van der Waals surface area contributed by atoms with Gasteiger partial charge >= 0.3 is 5.97 Å². The van der Waals surface area contributed by atoms with Crippen LogP contribution in [-0.2, 0) is 4.74 Å². The minimum atomic E-state index is -0.595. The Kier molecular flexibility index (Phi) is 6.84. The van der Waals surface area contributed by atoms with Crippen LogP contribution in [0.3, 0.4) is 0 Å². The van der Waals surface area contributed by atoms with Gasteiger partial charge < -0.3 is 14.4 Å². The molecule has 7 nitrogen and oxygen atoms in total. The second-order valence-electron chi connectivity index (χ2n) is 6.66. The van der Waals surface area contributed by atoms with Crippen molar-refractivity contribution in [3.8, 4) is 5.75 Å². The standard InChI is InChI=1S/C21H24N2O5/c24-21(28-15-14-27-18-8-4-3-5-9-18)17-10-11-19(20(16-17)23(25)26)22-12-6-1-2-7-13-22/h3-5,8-11,16H,1-2,6-7,12-15H2. The monoisotopic (exact) mass is 384 g/mol. The number of carbonyl (C=O) groups excluding carboxylic acids is 1. The first-order valence-corrected chi connectivity index (χ1v) is 9.53. The molecule has 0 N–H and O–H groups in total. The van der Waals surface area contributed by atoms with Crippen LogP contribution in [-0.4, -0.2) is 37.2 Å². The van der Waals surface area contributed by atoms with Gasteiger partial charge in [-0.25, -0.2) is 4.79 Å². The lowest BCUT2D eigenvalue weighted by Gasteiger charge is -2.22. The van der Waals surface area contributed by atoms with Gasteiger partial charge in [0.15, 0.2) is 0 Å². The van der Waals surface area contributed by atoms with Crippen molar-refractivity contribution in [2.75, 3.05) is 31.2 Å². The molecule has 0 atom stereocenters. The third kappa shape index (κ3) is 5.22. The SMILES string of the molecule is O=C(OCCOc1ccccc1)c1ccc(N2CCCCCC2)c([N+](=O)[O-])c1. The molecule has 0 saturated carbocycles. The van der Waals surface area contributed by atoms with E-state index in [0.717, 1.165) is 38.8 Å². The van der Waals surface area contributed by atoms with Crippen LogP contribution in [0.1, 0.15) is 36.0 Å². The summed E-state index contributed by atoms with van der Waals surface area (Å²) in [5, 5.41) is 11.5. The van der Waals surface area contributed by atoms with Gasteiger partial charge in [0.25, 0.3) is 5.69 Å². The predicted molar refractivity (Wildman–Crippen MR) is 106 cm³/mol. The van der Waals surface area contributed by atoms with E-state index < -0.39 is 10.9 Å². The summed E-state index contributed by atoms with van der Waals surface area (Å²) in [6.45, 7) is 1.86. The Bertz CT molecular complexity index is 802. The first kappa shape index (κ1) is 19.7. The fourth-order valence-corrected chi connectivity index (χ4v) is 3.27. The summed E-state index contributed by atoms with van der Waals surface area (Å²) in [4.78, 5) is 25.4. The number of para-hydroxylation sites is 1. The molecule has 0 bridgehead atoms. The lowest BCUT2D eigenvalue weighted by molar-refractivity contribution is -0.384. The molecule has 1 saturated heterocycles. The number of ether oxygens (including phenoxy) is 2. The second kappa shape index (κ2) is 9.73. The number of anilines is 1. The first-order valence-electron chi connectivity index (χ1n) is 9.53. The molecule has 2 aromatic carbocycles. The molecule has 0 aliphatic carbocycles. The number of esters is 1. The summed E-state index contributed by atoms with van der Waals surface area (Å²) in [6.07, 6.45) is 4.31. The number of nitro groups is 1. The average molecular weight is 384 g/mol. The maximum Gasteiger partial charge on any atom is 0.338 e. The molecule has 148 valence electrons. The van der Waals surface area contributed by atoms with Crippen LogP contribution in [0.2, 0.25) is 0 Å². The minimum Gasteiger partial charge on any atom is -0.490 e. The van der Waals surface area contributed by atoms with E-state index >= 15 is 0 Å². The van der Waals surface area contributed by atoms with Crippen LogP contribution < -0.4 is 9.64 Å². The molecular weight excluding hydrogens is 360 g/mol. The van der Waals surface area contributed by atoms with E-state index in [1.807, 2.05) is 35.2 Å². The average Bonchev–Trinajstić information content (AvgIpc) is 3.01. The zero-order valence-corrected chi connectivity index (χ0v) is 15.7. The van der Waals surface area contributed by atoms with Gasteiger partial charge in [0.1, 0.15) is 24.7 Å². The maximum absolute atomic E-state index is 12.3. The Morgan fingerprint density at radius 2 is 1.71 bits per heavy atom. The van der Waals surface area contributed by atoms with Crippen LogP contribution in [0.15, 0.2) is 48.5 Å².